The molecule has 0 aromatic rings. The van der Waals surface area contributed by atoms with Crippen LogP contribution in [0.15, 0.2) is 0 Å². The van der Waals surface area contributed by atoms with Gasteiger partial charge in [0.15, 0.2) is 0 Å². The van der Waals surface area contributed by atoms with Gasteiger partial charge in [-0.25, -0.2) is 4.79 Å². The number of piperidine rings is 1. The van der Waals surface area contributed by atoms with Gasteiger partial charge in [0.25, 0.3) is 0 Å². The molecule has 20 heavy (non-hydrogen) atoms. The first-order valence-corrected chi connectivity index (χ1v) is 6.44. The lowest BCUT2D eigenvalue weighted by atomic mass is 9.85. The van der Waals surface area contributed by atoms with Crippen LogP contribution in [0.3, 0.4) is 0 Å². The Balaban J connectivity index is 2.78. The summed E-state index contributed by atoms with van der Waals surface area (Å²) < 4.78 is 9.84. The Hall–Kier alpha value is -1.79. The number of rotatable bonds is 2. The van der Waals surface area contributed by atoms with Gasteiger partial charge in [0.1, 0.15) is 5.60 Å². The number of carbonyl (C=O) groups excluding carboxylic acids is 2. The first-order chi connectivity index (χ1) is 9.15. The number of aliphatic carboxylic acids is 1. The van der Waals surface area contributed by atoms with E-state index in [1.54, 1.807) is 20.8 Å². The van der Waals surface area contributed by atoms with E-state index < -0.39 is 35.5 Å². The Morgan fingerprint density at radius 2 is 1.80 bits per heavy atom. The van der Waals surface area contributed by atoms with Gasteiger partial charge in [-0.05, 0) is 27.2 Å². The van der Waals surface area contributed by atoms with E-state index in [9.17, 15) is 14.4 Å². The number of carboxylic acid groups (broad SMARTS) is 1. The number of amides is 1. The van der Waals surface area contributed by atoms with E-state index in [4.69, 9.17) is 9.84 Å². The van der Waals surface area contributed by atoms with Gasteiger partial charge in [-0.2, -0.15) is 0 Å². The summed E-state index contributed by atoms with van der Waals surface area (Å²) in [4.78, 5) is 36.1. The van der Waals surface area contributed by atoms with E-state index in [1.807, 2.05) is 0 Å². The smallest absolute Gasteiger partial charge is 0.410 e. The molecule has 0 saturated carbocycles. The summed E-state index contributed by atoms with van der Waals surface area (Å²) in [6.45, 7) is 5.48. The van der Waals surface area contributed by atoms with Crippen molar-refractivity contribution in [2.45, 2.75) is 32.8 Å². The SMILES string of the molecule is COC(=O)[C@@H]1CN(C(=O)OC(C)(C)C)CC[C@@H]1C(=O)O. The van der Waals surface area contributed by atoms with E-state index >= 15 is 0 Å². The van der Waals surface area contributed by atoms with Crippen molar-refractivity contribution in [1.29, 1.82) is 0 Å². The molecule has 1 aliphatic rings. The lowest BCUT2D eigenvalue weighted by Crippen LogP contribution is -2.50. The van der Waals surface area contributed by atoms with E-state index in [0.717, 1.165) is 0 Å². The fraction of sp³-hybridized carbons (Fsp3) is 0.769. The van der Waals surface area contributed by atoms with Gasteiger partial charge in [-0.1, -0.05) is 0 Å². The average Bonchev–Trinajstić information content (AvgIpc) is 2.34. The van der Waals surface area contributed by atoms with Crippen LogP contribution in [0.2, 0.25) is 0 Å². The molecule has 1 amide bonds. The molecule has 0 spiro atoms. The minimum atomic E-state index is -1.05. The normalized spacial score (nSPS) is 23.1. The molecule has 2 atom stereocenters. The van der Waals surface area contributed by atoms with Gasteiger partial charge in [0.05, 0.1) is 18.9 Å². The molecule has 0 unspecified atom stereocenters. The molecule has 7 nitrogen and oxygen atoms in total. The molecule has 7 heteroatoms. The van der Waals surface area contributed by atoms with Crippen LogP contribution < -0.4 is 0 Å². The van der Waals surface area contributed by atoms with Gasteiger partial charge in [0.2, 0.25) is 0 Å². The molecule has 114 valence electrons. The number of ether oxygens (including phenoxy) is 2. The van der Waals surface area contributed by atoms with Gasteiger partial charge < -0.3 is 19.5 Å². The lowest BCUT2D eigenvalue weighted by molar-refractivity contribution is -0.158. The highest BCUT2D eigenvalue weighted by Gasteiger charge is 2.41. The second-order valence-corrected chi connectivity index (χ2v) is 5.79. The van der Waals surface area contributed by atoms with Crippen molar-refractivity contribution in [3.63, 3.8) is 0 Å². The standard InChI is InChI=1S/C13H21NO6/c1-13(2,3)20-12(18)14-6-5-8(10(15)16)9(7-14)11(17)19-4/h8-9H,5-7H2,1-4H3,(H,15,16)/t8-,9+/m0/s1. The summed E-state index contributed by atoms with van der Waals surface area (Å²) in [5.74, 6) is -3.37. The lowest BCUT2D eigenvalue weighted by Gasteiger charge is -2.35. The number of esters is 1. The number of nitrogens with zero attached hydrogens (tertiary/aromatic N) is 1. The predicted octanol–water partition coefficient (Wildman–Crippen LogP) is 1.12. The van der Waals surface area contributed by atoms with E-state index in [-0.39, 0.29) is 19.5 Å². The van der Waals surface area contributed by atoms with Crippen molar-refractivity contribution in [3.8, 4) is 0 Å². The molecule has 1 fully saturated rings. The van der Waals surface area contributed by atoms with Crippen LogP contribution in [-0.4, -0.2) is 53.8 Å². The second-order valence-electron chi connectivity index (χ2n) is 5.79. The van der Waals surface area contributed by atoms with Crippen molar-refractivity contribution in [2.24, 2.45) is 11.8 Å². The molecule has 0 aliphatic carbocycles. The molecule has 1 aliphatic heterocycles. The van der Waals surface area contributed by atoms with E-state index in [2.05, 4.69) is 4.74 Å². The van der Waals surface area contributed by atoms with Gasteiger partial charge >= 0.3 is 18.0 Å². The zero-order chi connectivity index (χ0) is 15.5. The second kappa shape index (κ2) is 6.11. The summed E-state index contributed by atoms with van der Waals surface area (Å²) in [7, 11) is 1.20. The third-order valence-electron chi connectivity index (χ3n) is 3.09. The van der Waals surface area contributed by atoms with Crippen LogP contribution in [0, 0.1) is 11.8 Å². The Labute approximate surface area is 117 Å². The maximum absolute atomic E-state index is 12.0. The van der Waals surface area contributed by atoms with Crippen LogP contribution in [-0.2, 0) is 19.1 Å². The maximum atomic E-state index is 12.0. The fourth-order valence-electron chi connectivity index (χ4n) is 2.13. The predicted molar refractivity (Wildman–Crippen MR) is 69.1 cm³/mol. The first-order valence-electron chi connectivity index (χ1n) is 6.44. The summed E-state index contributed by atoms with van der Waals surface area (Å²) >= 11 is 0. The van der Waals surface area contributed by atoms with Crippen molar-refractivity contribution < 1.29 is 29.0 Å². The van der Waals surface area contributed by atoms with Crippen molar-refractivity contribution >= 4 is 18.0 Å². The number of carboxylic acids is 1. The molecular weight excluding hydrogens is 266 g/mol. The third-order valence-corrected chi connectivity index (χ3v) is 3.09. The number of hydrogen-bond donors (Lipinski definition) is 1. The summed E-state index contributed by atoms with van der Waals surface area (Å²) in [6.07, 6.45) is -0.343. The van der Waals surface area contributed by atoms with E-state index in [0.29, 0.717) is 0 Å². The summed E-state index contributed by atoms with van der Waals surface area (Å²) in [6, 6.07) is 0. The number of hydrogen-bond acceptors (Lipinski definition) is 5. The van der Waals surface area contributed by atoms with Gasteiger partial charge in [-0.3, -0.25) is 9.59 Å². The minimum absolute atomic E-state index is 0.00144. The highest BCUT2D eigenvalue weighted by atomic mass is 16.6. The Kier molecular flexibility index (Phi) is 4.97. The molecule has 1 saturated heterocycles. The molecule has 0 aromatic carbocycles. The number of likely N-dealkylation sites (tertiary alicyclic amines) is 1. The largest absolute Gasteiger partial charge is 0.481 e. The topological polar surface area (TPSA) is 93.1 Å². The molecule has 0 bridgehead atoms. The van der Waals surface area contributed by atoms with Crippen molar-refractivity contribution in [2.75, 3.05) is 20.2 Å². The monoisotopic (exact) mass is 287 g/mol. The Bertz CT molecular complexity index is 400. The zero-order valence-corrected chi connectivity index (χ0v) is 12.2. The van der Waals surface area contributed by atoms with Crippen LogP contribution >= 0.6 is 0 Å². The minimum Gasteiger partial charge on any atom is -0.481 e. The molecule has 0 radical (unpaired) electrons. The molecule has 1 rings (SSSR count). The maximum Gasteiger partial charge on any atom is 0.410 e. The van der Waals surface area contributed by atoms with Crippen LogP contribution in [0.1, 0.15) is 27.2 Å². The van der Waals surface area contributed by atoms with Crippen molar-refractivity contribution in [3.05, 3.63) is 0 Å². The zero-order valence-electron chi connectivity index (χ0n) is 12.2. The Morgan fingerprint density at radius 3 is 2.25 bits per heavy atom. The number of methoxy groups -OCH3 is 1. The quantitative estimate of drug-likeness (QED) is 0.765. The molecule has 0 aromatic heterocycles. The fourth-order valence-corrected chi connectivity index (χ4v) is 2.13. The number of carbonyl (C=O) groups is 3. The van der Waals surface area contributed by atoms with Crippen molar-refractivity contribution in [1.82, 2.24) is 4.90 Å². The average molecular weight is 287 g/mol. The molecule has 1 heterocycles. The first kappa shape index (κ1) is 16.3. The Morgan fingerprint density at radius 1 is 1.20 bits per heavy atom. The van der Waals surface area contributed by atoms with Crippen LogP contribution in [0.25, 0.3) is 0 Å². The highest BCUT2D eigenvalue weighted by Crippen LogP contribution is 2.26. The molecular formula is C13H21NO6. The third kappa shape index (κ3) is 4.11. The van der Waals surface area contributed by atoms with Crippen LogP contribution in [0.4, 0.5) is 4.79 Å². The van der Waals surface area contributed by atoms with Gasteiger partial charge in [0, 0.05) is 13.1 Å². The highest BCUT2D eigenvalue weighted by molar-refractivity contribution is 5.82. The van der Waals surface area contributed by atoms with Gasteiger partial charge in [-0.15, -0.1) is 0 Å². The summed E-state index contributed by atoms with van der Waals surface area (Å²) in [5.41, 5.74) is -0.637. The van der Waals surface area contributed by atoms with E-state index in [1.165, 1.54) is 12.0 Å². The summed E-state index contributed by atoms with van der Waals surface area (Å²) in [5, 5.41) is 9.12. The molecule has 1 N–H and O–H groups in total. The van der Waals surface area contributed by atoms with Crippen LogP contribution in [0.5, 0.6) is 0 Å².